The first-order valence-corrected chi connectivity index (χ1v) is 12.1. The first-order chi connectivity index (χ1) is 16.6. The van der Waals surface area contributed by atoms with Crippen LogP contribution in [-0.2, 0) is 28.6 Å². The fourth-order valence-corrected chi connectivity index (χ4v) is 4.46. The summed E-state index contributed by atoms with van der Waals surface area (Å²) in [6.07, 6.45) is 3.92. The van der Waals surface area contributed by atoms with Crippen molar-refractivity contribution in [1.82, 2.24) is 10.3 Å². The molecule has 2 N–H and O–H groups in total. The highest BCUT2D eigenvalue weighted by Gasteiger charge is 2.43. The Morgan fingerprint density at radius 1 is 1.23 bits per heavy atom. The van der Waals surface area contributed by atoms with Crippen molar-refractivity contribution >= 4 is 23.8 Å². The molecule has 1 aliphatic heterocycles. The molecule has 10 heteroatoms. The summed E-state index contributed by atoms with van der Waals surface area (Å²) in [4.78, 5) is 55.1. The summed E-state index contributed by atoms with van der Waals surface area (Å²) in [5.74, 6) is -4.06. The minimum atomic E-state index is -1.33. The molecule has 0 radical (unpaired) electrons. The van der Waals surface area contributed by atoms with Crippen molar-refractivity contribution in [2.75, 3.05) is 6.61 Å². The van der Waals surface area contributed by atoms with Crippen LogP contribution >= 0.6 is 0 Å². The van der Waals surface area contributed by atoms with Crippen LogP contribution in [0.4, 0.5) is 0 Å². The highest BCUT2D eigenvalue weighted by Crippen LogP contribution is 2.34. The Balaban J connectivity index is 1.83. The lowest BCUT2D eigenvalue weighted by Crippen LogP contribution is -2.47. The number of aryl methyl sites for hydroxylation is 1. The molecule has 1 aromatic heterocycles. The Morgan fingerprint density at radius 2 is 1.91 bits per heavy atom. The van der Waals surface area contributed by atoms with E-state index >= 15 is 0 Å². The molecule has 1 aromatic rings. The van der Waals surface area contributed by atoms with Gasteiger partial charge in [0.05, 0.1) is 11.8 Å². The van der Waals surface area contributed by atoms with E-state index in [1.54, 1.807) is 27.7 Å². The maximum absolute atomic E-state index is 13.2. The number of hydrogen-bond donors (Lipinski definition) is 2. The summed E-state index contributed by atoms with van der Waals surface area (Å²) in [5, 5.41) is 12.6. The van der Waals surface area contributed by atoms with Crippen LogP contribution < -0.4 is 5.32 Å². The topological polar surface area (TPSA) is 141 Å². The van der Waals surface area contributed by atoms with Crippen molar-refractivity contribution < 1.29 is 38.5 Å². The molecule has 10 nitrogen and oxygen atoms in total. The van der Waals surface area contributed by atoms with E-state index in [0.29, 0.717) is 12.0 Å². The lowest BCUT2D eigenvalue weighted by Gasteiger charge is -2.31. The van der Waals surface area contributed by atoms with Crippen LogP contribution in [0, 0.1) is 24.7 Å². The zero-order chi connectivity index (χ0) is 25.7. The number of esters is 3. The third kappa shape index (κ3) is 6.49. The molecule has 1 amide bonds. The van der Waals surface area contributed by atoms with Gasteiger partial charge in [0.2, 0.25) is 0 Å². The van der Waals surface area contributed by atoms with Crippen molar-refractivity contribution in [3.8, 4) is 5.75 Å². The van der Waals surface area contributed by atoms with Crippen LogP contribution in [0.5, 0.6) is 5.75 Å². The van der Waals surface area contributed by atoms with E-state index in [9.17, 15) is 24.3 Å². The first kappa shape index (κ1) is 26.4. The Labute approximate surface area is 204 Å². The van der Waals surface area contributed by atoms with Crippen LogP contribution in [0.25, 0.3) is 0 Å². The van der Waals surface area contributed by atoms with E-state index in [1.165, 1.54) is 12.3 Å². The summed E-state index contributed by atoms with van der Waals surface area (Å²) in [7, 11) is 0. The number of nitrogens with one attached hydrogen (secondary N) is 1. The van der Waals surface area contributed by atoms with Gasteiger partial charge < -0.3 is 24.6 Å². The normalized spacial score (nSPS) is 25.7. The number of nitrogens with zero attached hydrogens (tertiary/aromatic N) is 1. The predicted molar refractivity (Wildman–Crippen MR) is 123 cm³/mol. The lowest BCUT2D eigenvalue weighted by molar-refractivity contribution is -0.177. The Bertz CT molecular complexity index is 957. The number of amides is 1. The van der Waals surface area contributed by atoms with Gasteiger partial charge >= 0.3 is 17.9 Å². The molecule has 2 fully saturated rings. The van der Waals surface area contributed by atoms with Crippen molar-refractivity contribution in [2.45, 2.75) is 78.0 Å². The number of rotatable bonds is 6. The van der Waals surface area contributed by atoms with E-state index < -0.39 is 60.5 Å². The smallest absolute Gasteiger partial charge is 0.332 e. The number of aromatic nitrogens is 1. The summed E-state index contributed by atoms with van der Waals surface area (Å²) in [6, 6.07) is 0.203. The van der Waals surface area contributed by atoms with Gasteiger partial charge in [0.1, 0.15) is 18.5 Å². The van der Waals surface area contributed by atoms with Gasteiger partial charge in [-0.15, -0.1) is 0 Å². The molecule has 2 aliphatic rings. The zero-order valence-corrected chi connectivity index (χ0v) is 20.6. The van der Waals surface area contributed by atoms with E-state index in [2.05, 4.69) is 10.3 Å². The fraction of sp³-hybridized carbons (Fsp3) is 0.640. The zero-order valence-electron chi connectivity index (χ0n) is 20.6. The third-order valence-electron chi connectivity index (χ3n) is 6.57. The van der Waals surface area contributed by atoms with Gasteiger partial charge in [-0.1, -0.05) is 39.5 Å². The summed E-state index contributed by atoms with van der Waals surface area (Å²) >= 11 is 0. The molecule has 0 spiro atoms. The highest BCUT2D eigenvalue weighted by atomic mass is 16.6. The van der Waals surface area contributed by atoms with Crippen LogP contribution in [0.2, 0.25) is 0 Å². The quantitative estimate of drug-likeness (QED) is 0.454. The number of cyclic esters (lactones) is 2. The highest BCUT2D eigenvalue weighted by molar-refractivity contribution is 5.97. The fourth-order valence-electron chi connectivity index (χ4n) is 4.46. The second-order valence-electron chi connectivity index (χ2n) is 9.67. The summed E-state index contributed by atoms with van der Waals surface area (Å²) in [5.41, 5.74) is 0.173. The average Bonchev–Trinajstić information content (AvgIpc) is 3.33. The molecule has 0 unspecified atom stereocenters. The van der Waals surface area contributed by atoms with Gasteiger partial charge in [0.25, 0.3) is 5.91 Å². The molecule has 1 aliphatic carbocycles. The van der Waals surface area contributed by atoms with Gasteiger partial charge in [-0.25, -0.2) is 9.78 Å². The number of aromatic hydroxyl groups is 1. The molecular formula is C25H34N2O8. The second kappa shape index (κ2) is 11.5. The van der Waals surface area contributed by atoms with Crippen LogP contribution in [0.1, 0.15) is 68.9 Å². The summed E-state index contributed by atoms with van der Waals surface area (Å²) < 4.78 is 16.7. The Morgan fingerprint density at radius 3 is 2.57 bits per heavy atom. The molecule has 2 heterocycles. The van der Waals surface area contributed by atoms with Crippen molar-refractivity contribution in [1.29, 1.82) is 0 Å². The molecule has 35 heavy (non-hydrogen) atoms. The predicted octanol–water partition coefficient (Wildman–Crippen LogP) is 2.45. The monoisotopic (exact) mass is 490 g/mol. The molecule has 3 rings (SSSR count). The minimum absolute atomic E-state index is 0.264. The molecular weight excluding hydrogens is 456 g/mol. The molecule has 192 valence electrons. The minimum Gasteiger partial charge on any atom is -0.505 e. The van der Waals surface area contributed by atoms with Gasteiger partial charge in [0, 0.05) is 6.20 Å². The number of pyridine rings is 1. The largest absolute Gasteiger partial charge is 0.505 e. The number of carbonyl (C=O) groups is 4. The van der Waals surface area contributed by atoms with Gasteiger partial charge in [0.15, 0.2) is 17.8 Å². The lowest BCUT2D eigenvalue weighted by atomic mass is 9.87. The second-order valence-corrected chi connectivity index (χ2v) is 9.67. The average molecular weight is 491 g/mol. The van der Waals surface area contributed by atoms with E-state index in [1.807, 2.05) is 0 Å². The number of carbonyl (C=O) groups excluding carboxylic acids is 4. The van der Waals surface area contributed by atoms with Gasteiger partial charge in [-0.2, -0.15) is 0 Å². The molecule has 1 saturated carbocycles. The maximum Gasteiger partial charge on any atom is 0.332 e. The van der Waals surface area contributed by atoms with E-state index in [-0.39, 0.29) is 17.4 Å². The molecule has 0 aromatic carbocycles. The van der Waals surface area contributed by atoms with E-state index in [4.69, 9.17) is 14.2 Å². The number of hydrogen-bond acceptors (Lipinski definition) is 9. The number of ether oxygens (including phenoxy) is 3. The molecule has 0 bridgehead atoms. The van der Waals surface area contributed by atoms with Gasteiger partial charge in [-0.05, 0) is 37.8 Å². The van der Waals surface area contributed by atoms with Crippen molar-refractivity contribution in [3.63, 3.8) is 0 Å². The molecule has 4 atom stereocenters. The SMILES string of the molecule is Cc1ccnc(C(=O)N[C@H]2COC(=O)[C@H](CC3CCCC3)[C@@H](OC(=O)C(C)C)[C@H](C)OC2=O)c1O. The van der Waals surface area contributed by atoms with Crippen LogP contribution in [0.15, 0.2) is 12.3 Å². The Hall–Kier alpha value is -3.17. The van der Waals surface area contributed by atoms with Crippen LogP contribution in [0.3, 0.4) is 0 Å². The first-order valence-electron chi connectivity index (χ1n) is 12.1. The Kier molecular flexibility index (Phi) is 8.69. The van der Waals surface area contributed by atoms with Crippen LogP contribution in [-0.4, -0.2) is 58.8 Å². The van der Waals surface area contributed by atoms with Gasteiger partial charge in [-0.3, -0.25) is 14.4 Å². The maximum atomic E-state index is 13.2. The third-order valence-corrected chi connectivity index (χ3v) is 6.57. The van der Waals surface area contributed by atoms with Crippen molar-refractivity contribution in [3.05, 3.63) is 23.5 Å². The van der Waals surface area contributed by atoms with Crippen molar-refractivity contribution in [2.24, 2.45) is 17.8 Å². The summed E-state index contributed by atoms with van der Waals surface area (Å²) in [6.45, 7) is 6.06. The standard InChI is InChI=1S/C25H34N2O8/c1-13(2)23(30)35-21-15(4)34-25(32)18(27-22(29)19-20(28)14(3)9-10-26-19)12-33-24(31)17(21)11-16-7-5-6-8-16/h9-10,13,15-18,21,28H,5-8,11-12H2,1-4H3,(H,27,29)/t15-,17+,18-,21-/m0/s1. The molecule has 1 saturated heterocycles. The van der Waals surface area contributed by atoms with E-state index in [0.717, 1.165) is 25.7 Å².